The monoisotopic (exact) mass is 383 g/mol. The minimum atomic E-state index is -0.947. The van der Waals surface area contributed by atoms with Gasteiger partial charge in [-0.3, -0.25) is 19.4 Å². The summed E-state index contributed by atoms with van der Waals surface area (Å²) in [5.41, 5.74) is 1.04. The summed E-state index contributed by atoms with van der Waals surface area (Å²) in [6.07, 6.45) is 0. The van der Waals surface area contributed by atoms with Crippen LogP contribution < -0.4 is 10.2 Å². The number of carbonyl (C=O) groups excluding carboxylic acids is 3. The Morgan fingerprint density at radius 2 is 1.74 bits per heavy atom. The highest BCUT2D eigenvalue weighted by molar-refractivity contribution is 6.31. The van der Waals surface area contributed by atoms with Crippen molar-refractivity contribution >= 4 is 40.7 Å². The number of benzene rings is 2. The molecule has 0 aromatic heterocycles. The number of rotatable bonds is 4. The molecule has 4 rings (SSSR count). The predicted octanol–water partition coefficient (Wildman–Crippen LogP) is 2.27. The van der Waals surface area contributed by atoms with Gasteiger partial charge in [-0.1, -0.05) is 35.0 Å². The lowest BCUT2D eigenvalue weighted by Gasteiger charge is -2.20. The van der Waals surface area contributed by atoms with Crippen LogP contribution in [0.4, 0.5) is 11.4 Å². The van der Waals surface area contributed by atoms with E-state index < -0.39 is 23.9 Å². The number of carbonyl (C=O) groups is 3. The largest absolute Gasteiger partial charge is 0.324 e. The van der Waals surface area contributed by atoms with E-state index in [0.29, 0.717) is 16.4 Å². The SMILES string of the molecule is O=C(CN1N=N[C@@H]2C(=O)N(c3ccc(Cl)cc3)C(=O)[C@@H]21)Nc1ccccc1. The second kappa shape index (κ2) is 6.81. The Bertz CT molecular complexity index is 932. The van der Waals surface area contributed by atoms with Crippen LogP contribution >= 0.6 is 11.6 Å². The van der Waals surface area contributed by atoms with Crippen LogP contribution in [0.3, 0.4) is 0 Å². The molecule has 1 N–H and O–H groups in total. The number of amides is 3. The number of hydrogen-bond acceptors (Lipinski definition) is 6. The van der Waals surface area contributed by atoms with Crippen LogP contribution in [0.1, 0.15) is 0 Å². The van der Waals surface area contributed by atoms with E-state index in [0.717, 1.165) is 4.90 Å². The number of para-hydroxylation sites is 1. The summed E-state index contributed by atoms with van der Waals surface area (Å²) in [5, 5.41) is 12.2. The Morgan fingerprint density at radius 3 is 2.44 bits per heavy atom. The van der Waals surface area contributed by atoms with Crippen molar-refractivity contribution < 1.29 is 14.4 Å². The van der Waals surface area contributed by atoms with Crippen LogP contribution in [-0.2, 0) is 14.4 Å². The van der Waals surface area contributed by atoms with Gasteiger partial charge < -0.3 is 5.32 Å². The van der Waals surface area contributed by atoms with E-state index in [1.807, 2.05) is 6.07 Å². The lowest BCUT2D eigenvalue weighted by molar-refractivity contribution is -0.123. The second-order valence-electron chi connectivity index (χ2n) is 6.09. The normalized spacial score (nSPS) is 20.9. The lowest BCUT2D eigenvalue weighted by atomic mass is 10.1. The van der Waals surface area contributed by atoms with Crippen LogP contribution in [-0.4, -0.2) is 41.4 Å². The molecule has 0 radical (unpaired) electrons. The highest BCUT2D eigenvalue weighted by Gasteiger charge is 2.55. The molecular formula is C18H14ClN5O3. The van der Waals surface area contributed by atoms with Crippen molar-refractivity contribution in [2.75, 3.05) is 16.8 Å². The molecule has 0 aliphatic carbocycles. The van der Waals surface area contributed by atoms with Gasteiger partial charge in [-0.15, -0.1) is 0 Å². The summed E-state index contributed by atoms with van der Waals surface area (Å²) in [6, 6.07) is 13.4. The van der Waals surface area contributed by atoms with E-state index in [1.54, 1.807) is 48.5 Å². The topological polar surface area (TPSA) is 94.4 Å². The zero-order valence-electron chi connectivity index (χ0n) is 13.9. The number of imide groups is 1. The van der Waals surface area contributed by atoms with Gasteiger partial charge in [-0.25, -0.2) is 4.90 Å². The predicted molar refractivity (Wildman–Crippen MR) is 98.2 cm³/mol. The quantitative estimate of drug-likeness (QED) is 0.819. The van der Waals surface area contributed by atoms with Crippen molar-refractivity contribution in [2.45, 2.75) is 12.1 Å². The molecule has 1 saturated heterocycles. The van der Waals surface area contributed by atoms with E-state index in [9.17, 15) is 14.4 Å². The van der Waals surface area contributed by atoms with Crippen molar-refractivity contribution in [1.29, 1.82) is 0 Å². The molecule has 2 atom stereocenters. The summed E-state index contributed by atoms with van der Waals surface area (Å²) in [5.74, 6) is -1.29. The number of halogens is 1. The van der Waals surface area contributed by atoms with E-state index in [-0.39, 0.29) is 12.5 Å². The summed E-state index contributed by atoms with van der Waals surface area (Å²) < 4.78 is 0. The highest BCUT2D eigenvalue weighted by atomic mass is 35.5. The average Bonchev–Trinajstić information content (AvgIpc) is 3.17. The molecule has 136 valence electrons. The van der Waals surface area contributed by atoms with Crippen molar-refractivity contribution in [1.82, 2.24) is 5.01 Å². The lowest BCUT2D eigenvalue weighted by Crippen LogP contribution is -2.43. The molecule has 27 heavy (non-hydrogen) atoms. The zero-order valence-corrected chi connectivity index (χ0v) is 14.7. The van der Waals surface area contributed by atoms with Crippen molar-refractivity contribution in [3.8, 4) is 0 Å². The van der Waals surface area contributed by atoms with Crippen molar-refractivity contribution in [3.05, 3.63) is 59.6 Å². The number of hydrogen-bond donors (Lipinski definition) is 1. The van der Waals surface area contributed by atoms with Gasteiger partial charge in [-0.05, 0) is 36.4 Å². The van der Waals surface area contributed by atoms with Crippen LogP contribution in [0, 0.1) is 0 Å². The van der Waals surface area contributed by atoms with Gasteiger partial charge in [0.2, 0.25) is 5.91 Å². The van der Waals surface area contributed by atoms with Gasteiger partial charge in [0.05, 0.1) is 5.69 Å². The smallest absolute Gasteiger partial charge is 0.263 e. The van der Waals surface area contributed by atoms with Gasteiger partial charge in [-0.2, -0.15) is 5.11 Å². The zero-order chi connectivity index (χ0) is 19.0. The van der Waals surface area contributed by atoms with E-state index in [2.05, 4.69) is 15.7 Å². The van der Waals surface area contributed by atoms with Crippen LogP contribution in [0.15, 0.2) is 64.9 Å². The molecule has 2 aromatic rings. The molecule has 9 heteroatoms. The third-order valence-electron chi connectivity index (χ3n) is 4.31. The molecular weight excluding hydrogens is 370 g/mol. The molecule has 0 bridgehead atoms. The molecule has 2 heterocycles. The van der Waals surface area contributed by atoms with E-state index in [1.165, 1.54) is 5.01 Å². The van der Waals surface area contributed by atoms with Gasteiger partial charge >= 0.3 is 0 Å². The van der Waals surface area contributed by atoms with Crippen molar-refractivity contribution in [3.63, 3.8) is 0 Å². The van der Waals surface area contributed by atoms with Gasteiger partial charge in [0.25, 0.3) is 11.8 Å². The molecule has 0 saturated carbocycles. The summed E-state index contributed by atoms with van der Waals surface area (Å²) in [7, 11) is 0. The maximum absolute atomic E-state index is 12.8. The van der Waals surface area contributed by atoms with Crippen LogP contribution in [0.25, 0.3) is 0 Å². The third-order valence-corrected chi connectivity index (χ3v) is 4.56. The fourth-order valence-electron chi connectivity index (χ4n) is 3.07. The fourth-order valence-corrected chi connectivity index (χ4v) is 3.19. The van der Waals surface area contributed by atoms with Crippen LogP contribution in [0.2, 0.25) is 5.02 Å². The summed E-state index contributed by atoms with van der Waals surface area (Å²) >= 11 is 5.86. The molecule has 2 aliphatic rings. The average molecular weight is 384 g/mol. The molecule has 0 unspecified atom stereocenters. The van der Waals surface area contributed by atoms with E-state index in [4.69, 9.17) is 11.6 Å². The Labute approximate surface area is 159 Å². The fraction of sp³-hybridized carbons (Fsp3) is 0.167. The first-order chi connectivity index (χ1) is 13.0. The highest BCUT2D eigenvalue weighted by Crippen LogP contribution is 2.32. The minimum absolute atomic E-state index is 0.187. The van der Waals surface area contributed by atoms with Gasteiger partial charge in [0.15, 0.2) is 12.1 Å². The van der Waals surface area contributed by atoms with Crippen LogP contribution in [0.5, 0.6) is 0 Å². The number of anilines is 2. The molecule has 0 spiro atoms. The standard InChI is InChI=1S/C18H14ClN5O3/c19-11-6-8-13(9-7-11)24-17(26)15-16(18(24)27)23(22-21-15)10-14(25)20-12-4-2-1-3-5-12/h1-9,15-16H,10H2,(H,20,25)/t15-,16+/m0/s1. The maximum Gasteiger partial charge on any atom is 0.263 e. The number of nitrogens with zero attached hydrogens (tertiary/aromatic N) is 4. The van der Waals surface area contributed by atoms with E-state index >= 15 is 0 Å². The Morgan fingerprint density at radius 1 is 1.04 bits per heavy atom. The second-order valence-corrected chi connectivity index (χ2v) is 6.53. The van der Waals surface area contributed by atoms with Gasteiger partial charge in [0.1, 0.15) is 6.54 Å². The first kappa shape index (κ1) is 17.2. The Balaban J connectivity index is 1.49. The molecule has 3 amide bonds. The minimum Gasteiger partial charge on any atom is -0.324 e. The van der Waals surface area contributed by atoms with Gasteiger partial charge in [0, 0.05) is 10.7 Å². The first-order valence-corrected chi connectivity index (χ1v) is 8.58. The number of nitrogens with one attached hydrogen (secondary N) is 1. The maximum atomic E-state index is 12.8. The molecule has 8 nitrogen and oxygen atoms in total. The summed E-state index contributed by atoms with van der Waals surface area (Å²) in [6.45, 7) is -0.187. The third kappa shape index (κ3) is 3.15. The Kier molecular flexibility index (Phi) is 4.33. The molecule has 2 aromatic carbocycles. The first-order valence-electron chi connectivity index (χ1n) is 8.20. The molecule has 2 aliphatic heterocycles. The Hall–Kier alpha value is -3.26. The summed E-state index contributed by atoms with van der Waals surface area (Å²) in [4.78, 5) is 38.7. The number of fused-ring (bicyclic) bond motifs is 1. The van der Waals surface area contributed by atoms with Crippen molar-refractivity contribution in [2.24, 2.45) is 10.3 Å². The molecule has 1 fully saturated rings.